The number of carbonyl (C=O) groups excluding carboxylic acids is 2. The van der Waals surface area contributed by atoms with Crippen LogP contribution in [0.3, 0.4) is 0 Å². The lowest BCUT2D eigenvalue weighted by molar-refractivity contribution is -0.122. The third-order valence-corrected chi connectivity index (χ3v) is 6.52. The van der Waals surface area contributed by atoms with E-state index in [2.05, 4.69) is 37.2 Å². The molecule has 1 saturated heterocycles. The van der Waals surface area contributed by atoms with Crippen molar-refractivity contribution in [3.63, 3.8) is 0 Å². The molecule has 0 bridgehead atoms. The summed E-state index contributed by atoms with van der Waals surface area (Å²) in [4.78, 5) is 26.8. The highest BCUT2D eigenvalue weighted by Crippen LogP contribution is 2.26. The molecular weight excluding hydrogens is 592 g/mol. The molecule has 1 aliphatic heterocycles. The maximum atomic E-state index is 13.1. The van der Waals surface area contributed by atoms with Crippen LogP contribution in [-0.2, 0) is 16.2 Å². The normalized spacial score (nSPS) is 15.1. The predicted octanol–water partition coefficient (Wildman–Crippen LogP) is 6.28. The average molecular weight is 607 g/mol. The Balaban J connectivity index is 1.52. The summed E-state index contributed by atoms with van der Waals surface area (Å²) in [6.07, 6.45) is 1.52. The Labute approximate surface area is 217 Å². The van der Waals surface area contributed by atoms with Crippen LogP contribution in [0.1, 0.15) is 11.1 Å². The van der Waals surface area contributed by atoms with Crippen molar-refractivity contribution in [3.05, 3.63) is 97.4 Å². The van der Waals surface area contributed by atoms with E-state index in [1.165, 1.54) is 11.0 Å². The number of amides is 2. The summed E-state index contributed by atoms with van der Waals surface area (Å²) in [7, 11) is 0. The number of thiocarbonyl (C=S) groups is 1. The highest BCUT2D eigenvalue weighted by Gasteiger charge is 2.34. The number of rotatable bonds is 5. The molecule has 1 heterocycles. The zero-order chi connectivity index (χ0) is 23.5. The summed E-state index contributed by atoms with van der Waals surface area (Å²) < 4.78 is 7.77. The van der Waals surface area contributed by atoms with Crippen molar-refractivity contribution in [1.29, 1.82) is 0 Å². The van der Waals surface area contributed by atoms with E-state index in [4.69, 9.17) is 28.6 Å². The number of carbonyl (C=O) groups is 2. The van der Waals surface area contributed by atoms with E-state index >= 15 is 0 Å². The Bertz CT molecular complexity index is 1300. The van der Waals surface area contributed by atoms with Gasteiger partial charge in [-0.2, -0.15) is 0 Å². The Hall–Kier alpha value is -2.52. The van der Waals surface area contributed by atoms with Gasteiger partial charge in [0.1, 0.15) is 17.9 Å². The molecule has 3 aromatic rings. The quantitative estimate of drug-likeness (QED) is 0.211. The maximum absolute atomic E-state index is 13.1. The van der Waals surface area contributed by atoms with Gasteiger partial charge in [-0.05, 0) is 66.3 Å². The molecule has 0 aliphatic carbocycles. The predicted molar refractivity (Wildman–Crippen MR) is 140 cm³/mol. The number of benzene rings is 3. The zero-order valence-corrected chi connectivity index (χ0v) is 21.6. The number of hydrogen-bond donors (Lipinski definition) is 1. The first kappa shape index (κ1) is 23.6. The van der Waals surface area contributed by atoms with Crippen LogP contribution in [0.5, 0.6) is 5.75 Å². The average Bonchev–Trinajstić information content (AvgIpc) is 2.77. The number of nitrogens with zero attached hydrogens (tertiary/aromatic N) is 1. The van der Waals surface area contributed by atoms with E-state index in [1.54, 1.807) is 48.5 Å². The monoisotopic (exact) mass is 604 g/mol. The van der Waals surface area contributed by atoms with Crippen LogP contribution >= 0.6 is 55.7 Å². The van der Waals surface area contributed by atoms with Crippen LogP contribution in [0.4, 0.5) is 5.69 Å². The fourth-order valence-corrected chi connectivity index (χ4v) is 4.76. The largest absolute Gasteiger partial charge is 0.489 e. The van der Waals surface area contributed by atoms with Crippen LogP contribution in [0.2, 0.25) is 5.02 Å². The summed E-state index contributed by atoms with van der Waals surface area (Å²) in [6, 6.07) is 19.7. The van der Waals surface area contributed by atoms with Gasteiger partial charge in [0.05, 0.1) is 5.69 Å². The van der Waals surface area contributed by atoms with Crippen molar-refractivity contribution in [3.8, 4) is 5.75 Å². The number of anilines is 1. The fraction of sp³-hybridized carbons (Fsp3) is 0.0417. The smallest absolute Gasteiger partial charge is 0.270 e. The molecule has 1 fully saturated rings. The molecule has 166 valence electrons. The van der Waals surface area contributed by atoms with E-state index in [-0.39, 0.29) is 10.7 Å². The summed E-state index contributed by atoms with van der Waals surface area (Å²) in [5, 5.41) is 3.02. The third-order valence-electron chi connectivity index (χ3n) is 4.77. The molecule has 0 aromatic heterocycles. The molecule has 0 spiro atoms. The summed E-state index contributed by atoms with van der Waals surface area (Å²) >= 11 is 18.2. The van der Waals surface area contributed by atoms with Crippen LogP contribution < -0.4 is 15.0 Å². The molecule has 1 aliphatic rings. The minimum atomic E-state index is -0.552. The van der Waals surface area contributed by atoms with Crippen molar-refractivity contribution >= 4 is 84.4 Å². The molecule has 0 radical (unpaired) electrons. The van der Waals surface area contributed by atoms with Crippen molar-refractivity contribution in [2.75, 3.05) is 4.90 Å². The molecule has 0 atom stereocenters. The van der Waals surface area contributed by atoms with E-state index < -0.39 is 11.8 Å². The SMILES string of the molecule is O=C1NC(=S)N(c2cccc(Cl)c2)C(=O)/C1=C/c1ccc(OCc2ccc(Br)cc2Br)cc1. The van der Waals surface area contributed by atoms with Gasteiger partial charge in [-0.15, -0.1) is 0 Å². The van der Waals surface area contributed by atoms with Crippen molar-refractivity contribution < 1.29 is 14.3 Å². The highest BCUT2D eigenvalue weighted by atomic mass is 79.9. The summed E-state index contributed by atoms with van der Waals surface area (Å²) in [6.45, 7) is 0.390. The third kappa shape index (κ3) is 5.52. The van der Waals surface area contributed by atoms with Gasteiger partial charge in [-0.1, -0.05) is 67.7 Å². The van der Waals surface area contributed by atoms with Crippen molar-refractivity contribution in [2.45, 2.75) is 6.61 Å². The Morgan fingerprint density at radius 2 is 1.79 bits per heavy atom. The van der Waals surface area contributed by atoms with Crippen LogP contribution in [0.15, 0.2) is 81.2 Å². The van der Waals surface area contributed by atoms with Crippen LogP contribution in [0, 0.1) is 0 Å². The van der Waals surface area contributed by atoms with Gasteiger partial charge in [0.15, 0.2) is 5.11 Å². The number of nitrogens with one attached hydrogen (secondary N) is 1. The molecule has 4 rings (SSSR count). The van der Waals surface area contributed by atoms with Crippen LogP contribution in [-0.4, -0.2) is 16.9 Å². The van der Waals surface area contributed by atoms with E-state index in [1.807, 2.05) is 18.2 Å². The second kappa shape index (κ2) is 10.2. The minimum absolute atomic E-state index is 0.00673. The van der Waals surface area contributed by atoms with Gasteiger partial charge in [-0.3, -0.25) is 19.8 Å². The van der Waals surface area contributed by atoms with Gasteiger partial charge in [0, 0.05) is 19.5 Å². The molecule has 1 N–H and O–H groups in total. The first-order chi connectivity index (χ1) is 15.8. The topological polar surface area (TPSA) is 58.6 Å². The van der Waals surface area contributed by atoms with E-state index in [9.17, 15) is 9.59 Å². The number of halogens is 3. The zero-order valence-electron chi connectivity index (χ0n) is 16.8. The molecule has 0 saturated carbocycles. The lowest BCUT2D eigenvalue weighted by atomic mass is 10.1. The van der Waals surface area contributed by atoms with Gasteiger partial charge < -0.3 is 4.74 Å². The Kier molecular flexibility index (Phi) is 7.29. The Morgan fingerprint density at radius 3 is 2.48 bits per heavy atom. The second-order valence-electron chi connectivity index (χ2n) is 7.03. The number of ether oxygens (including phenoxy) is 1. The first-order valence-corrected chi connectivity index (χ1v) is 12.0. The summed E-state index contributed by atoms with van der Waals surface area (Å²) in [5.41, 5.74) is 2.12. The molecule has 33 heavy (non-hydrogen) atoms. The Morgan fingerprint density at radius 1 is 1.03 bits per heavy atom. The minimum Gasteiger partial charge on any atom is -0.489 e. The standard InChI is InChI=1S/C24H15Br2ClN2O3S/c25-16-7-6-15(21(26)11-16)13-32-19-8-4-14(5-9-19)10-20-22(30)28-24(33)29(23(20)31)18-3-1-2-17(27)12-18/h1-12H,13H2,(H,28,30,33)/b20-10+. The number of hydrogen-bond acceptors (Lipinski definition) is 4. The van der Waals surface area contributed by atoms with E-state index in [0.717, 1.165) is 14.5 Å². The molecule has 5 nitrogen and oxygen atoms in total. The van der Waals surface area contributed by atoms with Gasteiger partial charge >= 0.3 is 0 Å². The van der Waals surface area contributed by atoms with Gasteiger partial charge in [0.25, 0.3) is 11.8 Å². The molecule has 2 amide bonds. The van der Waals surface area contributed by atoms with Gasteiger partial charge in [0.2, 0.25) is 0 Å². The molecule has 0 unspecified atom stereocenters. The summed E-state index contributed by atoms with van der Waals surface area (Å²) in [5.74, 6) is -0.414. The molecule has 3 aromatic carbocycles. The van der Waals surface area contributed by atoms with Crippen molar-refractivity contribution in [2.24, 2.45) is 0 Å². The van der Waals surface area contributed by atoms with Gasteiger partial charge in [-0.25, -0.2) is 0 Å². The lowest BCUT2D eigenvalue weighted by Crippen LogP contribution is -2.54. The maximum Gasteiger partial charge on any atom is 0.270 e. The molecular formula is C24H15Br2ClN2O3S. The first-order valence-electron chi connectivity index (χ1n) is 9.65. The van der Waals surface area contributed by atoms with E-state index in [0.29, 0.717) is 28.6 Å². The fourth-order valence-electron chi connectivity index (χ4n) is 3.13. The molecule has 9 heteroatoms. The lowest BCUT2D eigenvalue weighted by Gasteiger charge is -2.29. The highest BCUT2D eigenvalue weighted by molar-refractivity contribution is 9.11. The second-order valence-corrected chi connectivity index (χ2v) is 9.62. The van der Waals surface area contributed by atoms with Crippen molar-refractivity contribution in [1.82, 2.24) is 5.32 Å². The van der Waals surface area contributed by atoms with Crippen LogP contribution in [0.25, 0.3) is 6.08 Å².